The summed E-state index contributed by atoms with van der Waals surface area (Å²) in [6.07, 6.45) is 2.89. The van der Waals surface area contributed by atoms with E-state index >= 15 is 0 Å². The first-order valence-electron chi connectivity index (χ1n) is 12.2. The van der Waals surface area contributed by atoms with Gasteiger partial charge in [-0.25, -0.2) is 4.39 Å². The van der Waals surface area contributed by atoms with Gasteiger partial charge in [0.1, 0.15) is 30.5 Å². The van der Waals surface area contributed by atoms with E-state index in [9.17, 15) is 14.0 Å². The molecular formula is C28H29FN2O4S. The smallest absolute Gasteiger partial charge is 0.258 e. The van der Waals surface area contributed by atoms with Crippen LogP contribution in [0.15, 0.2) is 60.0 Å². The van der Waals surface area contributed by atoms with Crippen LogP contribution in [0.4, 0.5) is 4.39 Å². The summed E-state index contributed by atoms with van der Waals surface area (Å²) in [5.74, 6) is 0.654. The van der Waals surface area contributed by atoms with Crippen LogP contribution in [0.5, 0.6) is 11.5 Å². The fourth-order valence-corrected chi connectivity index (χ4v) is 5.61. The lowest BCUT2D eigenvalue weighted by Gasteiger charge is -2.37. The Bertz CT molecular complexity index is 1240. The van der Waals surface area contributed by atoms with Gasteiger partial charge in [-0.1, -0.05) is 18.2 Å². The van der Waals surface area contributed by atoms with Crippen LogP contribution < -0.4 is 9.47 Å². The van der Waals surface area contributed by atoms with Crippen molar-refractivity contribution in [2.45, 2.75) is 25.3 Å². The van der Waals surface area contributed by atoms with Gasteiger partial charge >= 0.3 is 0 Å². The van der Waals surface area contributed by atoms with Crippen LogP contribution in [0.2, 0.25) is 0 Å². The molecule has 1 atom stereocenters. The Balaban J connectivity index is 1.35. The molecule has 36 heavy (non-hydrogen) atoms. The van der Waals surface area contributed by atoms with Gasteiger partial charge in [0, 0.05) is 24.0 Å². The van der Waals surface area contributed by atoms with Crippen molar-refractivity contribution in [2.24, 2.45) is 5.92 Å². The molecule has 1 saturated carbocycles. The second kappa shape index (κ2) is 10.7. The Kier molecular flexibility index (Phi) is 7.23. The number of benzene rings is 2. The average Bonchev–Trinajstić information content (AvgIpc) is 3.58. The van der Waals surface area contributed by atoms with Gasteiger partial charge in [0.25, 0.3) is 5.91 Å². The molecule has 8 heteroatoms. The van der Waals surface area contributed by atoms with Gasteiger partial charge in [0.15, 0.2) is 0 Å². The number of hydrogen-bond donors (Lipinski definition) is 0. The molecule has 2 aliphatic rings. The Morgan fingerprint density at radius 2 is 1.97 bits per heavy atom. The quantitative estimate of drug-likeness (QED) is 0.410. The first kappa shape index (κ1) is 24.3. The molecule has 0 spiro atoms. The molecule has 0 N–H and O–H groups in total. The van der Waals surface area contributed by atoms with Crippen molar-refractivity contribution in [3.05, 3.63) is 81.8 Å². The standard InChI is InChI=1S/C28H29FN2O4S/c1-34-25-8-3-2-7-23(25)28(33)30(16-19-9-10-19)17-27(32)31-13-11-26-22(12-14-36-26)24(31)18-35-21-6-4-5-20(29)15-21/h2-8,12,14-15,19,24H,9-11,13,16-18H2,1H3. The number of amides is 2. The van der Waals surface area contributed by atoms with E-state index in [-0.39, 0.29) is 36.8 Å². The topological polar surface area (TPSA) is 59.1 Å². The minimum absolute atomic E-state index is 0.0106. The molecule has 0 radical (unpaired) electrons. The number of para-hydroxylation sites is 1. The zero-order chi connectivity index (χ0) is 25.1. The Labute approximate surface area is 214 Å². The van der Waals surface area contributed by atoms with Crippen LogP contribution >= 0.6 is 11.3 Å². The molecule has 0 bridgehead atoms. The normalized spacial score (nSPS) is 16.8. The Morgan fingerprint density at radius 1 is 1.14 bits per heavy atom. The van der Waals surface area contributed by atoms with Gasteiger partial charge in [-0.2, -0.15) is 0 Å². The van der Waals surface area contributed by atoms with E-state index in [4.69, 9.17) is 9.47 Å². The molecule has 188 valence electrons. The average molecular weight is 509 g/mol. The Hall–Kier alpha value is -3.39. The van der Waals surface area contributed by atoms with E-state index in [0.29, 0.717) is 36.1 Å². The summed E-state index contributed by atoms with van der Waals surface area (Å²) >= 11 is 1.67. The second-order valence-electron chi connectivity index (χ2n) is 9.25. The lowest BCUT2D eigenvalue weighted by Crippen LogP contribution is -2.48. The number of rotatable bonds is 9. The minimum Gasteiger partial charge on any atom is -0.496 e. The van der Waals surface area contributed by atoms with Crippen molar-refractivity contribution in [1.29, 1.82) is 0 Å². The SMILES string of the molecule is COc1ccccc1C(=O)N(CC(=O)N1CCc2sccc2C1COc1cccc(F)c1)CC1CC1. The molecule has 1 unspecified atom stereocenters. The maximum Gasteiger partial charge on any atom is 0.258 e. The molecule has 5 rings (SSSR count). The molecule has 1 fully saturated rings. The predicted octanol–water partition coefficient (Wildman–Crippen LogP) is 4.95. The molecule has 2 aromatic carbocycles. The molecule has 1 aromatic heterocycles. The lowest BCUT2D eigenvalue weighted by molar-refractivity contribution is -0.135. The molecule has 1 aliphatic carbocycles. The fraction of sp³-hybridized carbons (Fsp3) is 0.357. The highest BCUT2D eigenvalue weighted by Gasteiger charge is 2.35. The summed E-state index contributed by atoms with van der Waals surface area (Å²) in [6, 6.07) is 14.9. The van der Waals surface area contributed by atoms with Crippen LogP contribution in [0.1, 0.15) is 39.7 Å². The molecular weight excluding hydrogens is 479 g/mol. The zero-order valence-electron chi connectivity index (χ0n) is 20.2. The summed E-state index contributed by atoms with van der Waals surface area (Å²) in [5.41, 5.74) is 1.51. The first-order chi connectivity index (χ1) is 17.5. The van der Waals surface area contributed by atoms with E-state index in [1.165, 1.54) is 24.1 Å². The van der Waals surface area contributed by atoms with Crippen LogP contribution in [0.25, 0.3) is 0 Å². The molecule has 2 heterocycles. The molecule has 0 saturated heterocycles. The summed E-state index contributed by atoms with van der Waals surface area (Å²) in [4.78, 5) is 31.9. The Morgan fingerprint density at radius 3 is 2.75 bits per heavy atom. The van der Waals surface area contributed by atoms with Crippen molar-refractivity contribution in [2.75, 3.05) is 33.4 Å². The molecule has 3 aromatic rings. The van der Waals surface area contributed by atoms with Crippen molar-refractivity contribution < 1.29 is 23.5 Å². The maximum absolute atomic E-state index is 13.7. The van der Waals surface area contributed by atoms with Crippen LogP contribution in [-0.2, 0) is 11.2 Å². The van der Waals surface area contributed by atoms with E-state index < -0.39 is 0 Å². The van der Waals surface area contributed by atoms with E-state index in [1.54, 1.807) is 46.6 Å². The van der Waals surface area contributed by atoms with Gasteiger partial charge in [0.05, 0.1) is 18.7 Å². The van der Waals surface area contributed by atoms with E-state index in [0.717, 1.165) is 24.8 Å². The summed E-state index contributed by atoms with van der Waals surface area (Å²) in [5, 5.41) is 2.03. The van der Waals surface area contributed by atoms with Crippen LogP contribution in [0.3, 0.4) is 0 Å². The van der Waals surface area contributed by atoms with Crippen molar-refractivity contribution >= 4 is 23.2 Å². The highest BCUT2D eigenvalue weighted by atomic mass is 32.1. The third-order valence-electron chi connectivity index (χ3n) is 6.75. The number of hydrogen-bond acceptors (Lipinski definition) is 5. The third kappa shape index (κ3) is 5.38. The van der Waals surface area contributed by atoms with Crippen molar-refractivity contribution in [3.63, 3.8) is 0 Å². The van der Waals surface area contributed by atoms with Crippen LogP contribution in [-0.4, -0.2) is 55.0 Å². The maximum atomic E-state index is 13.7. The number of halogens is 1. The number of thiophene rings is 1. The van der Waals surface area contributed by atoms with E-state index in [1.807, 2.05) is 22.4 Å². The van der Waals surface area contributed by atoms with Gasteiger partial charge in [-0.15, -0.1) is 11.3 Å². The largest absolute Gasteiger partial charge is 0.496 e. The third-order valence-corrected chi connectivity index (χ3v) is 7.74. The van der Waals surface area contributed by atoms with Gasteiger partial charge < -0.3 is 19.3 Å². The molecule has 1 aliphatic heterocycles. The monoisotopic (exact) mass is 508 g/mol. The number of nitrogens with zero attached hydrogens (tertiary/aromatic N) is 2. The van der Waals surface area contributed by atoms with Crippen LogP contribution in [0, 0.1) is 11.7 Å². The van der Waals surface area contributed by atoms with Gasteiger partial charge in [0.2, 0.25) is 5.91 Å². The van der Waals surface area contributed by atoms with Crippen molar-refractivity contribution in [3.8, 4) is 11.5 Å². The second-order valence-corrected chi connectivity index (χ2v) is 10.3. The molecule has 6 nitrogen and oxygen atoms in total. The van der Waals surface area contributed by atoms with Gasteiger partial charge in [-0.3, -0.25) is 9.59 Å². The predicted molar refractivity (Wildman–Crippen MR) is 136 cm³/mol. The highest BCUT2D eigenvalue weighted by molar-refractivity contribution is 7.10. The number of fused-ring (bicyclic) bond motifs is 1. The summed E-state index contributed by atoms with van der Waals surface area (Å²) in [6.45, 7) is 1.29. The number of carbonyl (C=O) groups excluding carboxylic acids is 2. The first-order valence-corrected chi connectivity index (χ1v) is 13.1. The van der Waals surface area contributed by atoms with E-state index in [2.05, 4.69) is 0 Å². The highest BCUT2D eigenvalue weighted by Crippen LogP contribution is 2.35. The zero-order valence-corrected chi connectivity index (χ0v) is 21.0. The number of carbonyl (C=O) groups is 2. The summed E-state index contributed by atoms with van der Waals surface area (Å²) in [7, 11) is 1.54. The number of methoxy groups -OCH3 is 1. The molecule has 2 amide bonds. The van der Waals surface area contributed by atoms with Crippen molar-refractivity contribution in [1.82, 2.24) is 9.80 Å². The summed E-state index contributed by atoms with van der Waals surface area (Å²) < 4.78 is 25.0. The minimum atomic E-state index is -0.370. The number of ether oxygens (including phenoxy) is 2. The lowest BCUT2D eigenvalue weighted by atomic mass is 10.00. The van der Waals surface area contributed by atoms with Gasteiger partial charge in [-0.05, 0) is 66.5 Å². The fourth-order valence-electron chi connectivity index (χ4n) is 4.68.